The van der Waals surface area contributed by atoms with Crippen molar-refractivity contribution >= 4 is 27.6 Å². The average molecular weight is 457 g/mol. The van der Waals surface area contributed by atoms with Crippen LogP contribution in [0.4, 0.5) is 5.69 Å². The molecule has 2 aliphatic heterocycles. The highest BCUT2D eigenvalue weighted by Crippen LogP contribution is 2.28. The Labute approximate surface area is 189 Å². The second-order valence-corrected chi connectivity index (χ2v) is 10.2. The molecule has 2 aliphatic rings. The first-order valence-corrected chi connectivity index (χ1v) is 12.5. The van der Waals surface area contributed by atoms with Gasteiger partial charge in [0.15, 0.2) is 6.10 Å². The molecule has 4 rings (SSSR count). The monoisotopic (exact) mass is 456 g/mol. The van der Waals surface area contributed by atoms with Gasteiger partial charge < -0.3 is 9.64 Å². The van der Waals surface area contributed by atoms with Crippen LogP contribution in [0.15, 0.2) is 53.4 Å². The van der Waals surface area contributed by atoms with Crippen LogP contribution < -0.4 is 4.90 Å². The van der Waals surface area contributed by atoms with Crippen molar-refractivity contribution in [2.24, 2.45) is 0 Å². The first kappa shape index (κ1) is 22.5. The van der Waals surface area contributed by atoms with Crippen molar-refractivity contribution < 1.29 is 22.7 Å². The van der Waals surface area contributed by atoms with Gasteiger partial charge in [0.05, 0.1) is 10.5 Å². The van der Waals surface area contributed by atoms with Crippen LogP contribution in [0.1, 0.15) is 48.5 Å². The summed E-state index contributed by atoms with van der Waals surface area (Å²) in [5, 5.41) is 0. The zero-order valence-corrected chi connectivity index (χ0v) is 19.0. The topological polar surface area (TPSA) is 84.0 Å². The quantitative estimate of drug-likeness (QED) is 0.644. The van der Waals surface area contributed by atoms with Crippen molar-refractivity contribution in [2.45, 2.75) is 50.0 Å². The highest BCUT2D eigenvalue weighted by atomic mass is 32.2. The third-order valence-corrected chi connectivity index (χ3v) is 7.93. The van der Waals surface area contributed by atoms with Crippen LogP contribution in [0.5, 0.6) is 0 Å². The molecule has 0 unspecified atom stereocenters. The smallest absolute Gasteiger partial charge is 0.338 e. The number of esters is 1. The van der Waals surface area contributed by atoms with Crippen LogP contribution in [0, 0.1) is 0 Å². The largest absolute Gasteiger partial charge is 0.449 e. The number of rotatable bonds is 5. The Morgan fingerprint density at radius 2 is 1.69 bits per heavy atom. The van der Waals surface area contributed by atoms with E-state index < -0.39 is 22.1 Å². The molecule has 2 aromatic rings. The molecule has 7 nitrogen and oxygen atoms in total. The number of carbonyl (C=O) groups is 2. The molecular formula is C24H28N2O5S. The number of carbonyl (C=O) groups excluding carboxylic acids is 2. The van der Waals surface area contributed by atoms with E-state index in [1.54, 1.807) is 11.8 Å². The number of ether oxygens (including phenoxy) is 1. The van der Waals surface area contributed by atoms with E-state index in [0.29, 0.717) is 19.6 Å². The van der Waals surface area contributed by atoms with Crippen molar-refractivity contribution in [1.82, 2.24) is 4.31 Å². The SMILES string of the molecule is C[C@H](OC(=O)c1cccc(S(=O)(=O)N2CCCCC2)c1)C(=O)N1CCCc2ccccc21. The number of piperidine rings is 1. The lowest BCUT2D eigenvalue weighted by Gasteiger charge is -2.31. The fourth-order valence-electron chi connectivity index (χ4n) is 4.30. The molecular weight excluding hydrogens is 428 g/mol. The molecule has 0 bridgehead atoms. The lowest BCUT2D eigenvalue weighted by molar-refractivity contribution is -0.126. The Hall–Kier alpha value is -2.71. The van der Waals surface area contributed by atoms with Crippen LogP contribution in [0.3, 0.4) is 0 Å². The first-order chi connectivity index (χ1) is 15.4. The number of benzene rings is 2. The van der Waals surface area contributed by atoms with Crippen molar-refractivity contribution in [3.63, 3.8) is 0 Å². The fraction of sp³-hybridized carbons (Fsp3) is 0.417. The molecule has 8 heteroatoms. The summed E-state index contributed by atoms with van der Waals surface area (Å²) in [7, 11) is -3.66. The van der Waals surface area contributed by atoms with Gasteiger partial charge in [0.2, 0.25) is 10.0 Å². The molecule has 1 fully saturated rings. The Kier molecular flexibility index (Phi) is 6.62. The van der Waals surface area contributed by atoms with Crippen LogP contribution in [0.25, 0.3) is 0 Å². The van der Waals surface area contributed by atoms with Crippen LogP contribution in [-0.4, -0.2) is 50.3 Å². The van der Waals surface area contributed by atoms with Gasteiger partial charge in [-0.2, -0.15) is 4.31 Å². The third-order valence-electron chi connectivity index (χ3n) is 6.03. The number of sulfonamides is 1. The molecule has 2 heterocycles. The molecule has 0 N–H and O–H groups in total. The number of amides is 1. The van der Waals surface area contributed by atoms with Gasteiger partial charge in [-0.15, -0.1) is 0 Å². The number of para-hydroxylation sites is 1. The molecule has 0 spiro atoms. The zero-order chi connectivity index (χ0) is 22.7. The zero-order valence-electron chi connectivity index (χ0n) is 18.2. The minimum Gasteiger partial charge on any atom is -0.449 e. The molecule has 0 aliphatic carbocycles. The molecule has 0 saturated carbocycles. The van der Waals surface area contributed by atoms with E-state index in [0.717, 1.165) is 43.4 Å². The molecule has 1 saturated heterocycles. The van der Waals surface area contributed by atoms with Crippen LogP contribution >= 0.6 is 0 Å². The molecule has 2 aromatic carbocycles. The van der Waals surface area contributed by atoms with E-state index in [4.69, 9.17) is 4.74 Å². The first-order valence-electron chi connectivity index (χ1n) is 11.1. The number of hydrogen-bond acceptors (Lipinski definition) is 5. The summed E-state index contributed by atoms with van der Waals surface area (Å²) in [4.78, 5) is 27.5. The van der Waals surface area contributed by atoms with E-state index in [1.165, 1.54) is 28.6 Å². The molecule has 32 heavy (non-hydrogen) atoms. The summed E-state index contributed by atoms with van der Waals surface area (Å²) in [6.07, 6.45) is 3.45. The normalized spacial score (nSPS) is 18.0. The van der Waals surface area contributed by atoms with E-state index in [-0.39, 0.29) is 16.4 Å². The summed E-state index contributed by atoms with van der Waals surface area (Å²) in [6.45, 7) is 3.09. The molecule has 0 radical (unpaired) electrons. The van der Waals surface area contributed by atoms with E-state index in [1.807, 2.05) is 24.3 Å². The van der Waals surface area contributed by atoms with Gasteiger partial charge in [0, 0.05) is 25.3 Å². The Morgan fingerprint density at radius 3 is 2.47 bits per heavy atom. The second-order valence-electron chi connectivity index (χ2n) is 8.26. The van der Waals surface area contributed by atoms with Crippen LogP contribution in [-0.2, 0) is 26.0 Å². The summed E-state index contributed by atoms with van der Waals surface area (Å²) in [5.41, 5.74) is 2.06. The second kappa shape index (κ2) is 9.42. The van der Waals surface area contributed by atoms with Gasteiger partial charge >= 0.3 is 5.97 Å². The maximum Gasteiger partial charge on any atom is 0.338 e. The van der Waals surface area contributed by atoms with Crippen molar-refractivity contribution in [1.29, 1.82) is 0 Å². The minimum absolute atomic E-state index is 0.0674. The van der Waals surface area contributed by atoms with Gasteiger partial charge in [-0.1, -0.05) is 30.7 Å². The lowest BCUT2D eigenvalue weighted by Crippen LogP contribution is -2.42. The molecule has 1 amide bonds. The summed E-state index contributed by atoms with van der Waals surface area (Å²) in [5.74, 6) is -1.01. The minimum atomic E-state index is -3.66. The van der Waals surface area contributed by atoms with E-state index in [2.05, 4.69) is 0 Å². The number of hydrogen-bond donors (Lipinski definition) is 0. The Balaban J connectivity index is 1.47. The average Bonchev–Trinajstić information content (AvgIpc) is 2.83. The number of aryl methyl sites for hydroxylation is 1. The number of fused-ring (bicyclic) bond motifs is 1. The summed E-state index contributed by atoms with van der Waals surface area (Å²) in [6, 6.07) is 13.6. The predicted molar refractivity (Wildman–Crippen MR) is 121 cm³/mol. The van der Waals surface area contributed by atoms with E-state index in [9.17, 15) is 18.0 Å². The Bertz CT molecular complexity index is 1110. The highest BCUT2D eigenvalue weighted by Gasteiger charge is 2.30. The molecule has 0 aromatic heterocycles. The maximum atomic E-state index is 13.0. The number of nitrogens with zero attached hydrogens (tertiary/aromatic N) is 2. The maximum absolute atomic E-state index is 13.0. The van der Waals surface area contributed by atoms with E-state index >= 15 is 0 Å². The fourth-order valence-corrected chi connectivity index (χ4v) is 5.86. The van der Waals surface area contributed by atoms with Crippen molar-refractivity contribution in [3.8, 4) is 0 Å². The van der Waals surface area contributed by atoms with Gasteiger partial charge in [0.25, 0.3) is 5.91 Å². The van der Waals surface area contributed by atoms with Gasteiger partial charge in [-0.25, -0.2) is 13.2 Å². The molecule has 170 valence electrons. The Morgan fingerprint density at radius 1 is 0.938 bits per heavy atom. The number of anilines is 1. The van der Waals surface area contributed by atoms with Crippen molar-refractivity contribution in [3.05, 3.63) is 59.7 Å². The van der Waals surface area contributed by atoms with Gasteiger partial charge in [-0.3, -0.25) is 4.79 Å². The standard InChI is InChI=1S/C24H28N2O5S/c1-18(23(27)26-16-8-11-19-9-3-4-13-22(19)26)31-24(28)20-10-7-12-21(17-20)32(29,30)25-14-5-2-6-15-25/h3-4,7,9-10,12-13,17-18H,2,5-6,8,11,14-16H2,1H3/t18-/m0/s1. The lowest BCUT2D eigenvalue weighted by atomic mass is 10.0. The predicted octanol–water partition coefficient (Wildman–Crippen LogP) is 3.39. The van der Waals surface area contributed by atoms with Gasteiger partial charge in [0.1, 0.15) is 0 Å². The summed E-state index contributed by atoms with van der Waals surface area (Å²) < 4.78 is 32.8. The van der Waals surface area contributed by atoms with Crippen LogP contribution in [0.2, 0.25) is 0 Å². The van der Waals surface area contributed by atoms with Gasteiger partial charge in [-0.05, 0) is 62.4 Å². The highest BCUT2D eigenvalue weighted by molar-refractivity contribution is 7.89. The molecule has 1 atom stereocenters. The van der Waals surface area contributed by atoms with Crippen molar-refractivity contribution in [2.75, 3.05) is 24.5 Å². The summed E-state index contributed by atoms with van der Waals surface area (Å²) >= 11 is 0. The third kappa shape index (κ3) is 4.56.